The van der Waals surface area contributed by atoms with Gasteiger partial charge in [0.25, 0.3) is 0 Å². The summed E-state index contributed by atoms with van der Waals surface area (Å²) in [5.74, 6) is -0.118. The number of H-pyrrole nitrogens is 1. The topological polar surface area (TPSA) is 57.2 Å². The second-order valence-corrected chi connectivity index (χ2v) is 5.69. The van der Waals surface area contributed by atoms with E-state index in [1.165, 1.54) is 5.56 Å². The quantitative estimate of drug-likeness (QED) is 0.563. The monoisotopic (exact) mass is 305 g/mol. The molecule has 4 heteroatoms. The van der Waals surface area contributed by atoms with Gasteiger partial charge in [-0.3, -0.25) is 4.79 Å². The fraction of sp³-hybridized carbons (Fsp3) is 0.158. The number of fused-ring (bicyclic) bond motifs is 1. The van der Waals surface area contributed by atoms with Crippen LogP contribution in [0.25, 0.3) is 10.9 Å². The number of aryl methyl sites for hydroxylation is 2. The maximum atomic E-state index is 12.0. The van der Waals surface area contributed by atoms with Crippen molar-refractivity contribution in [3.8, 4) is 0 Å². The number of carbonyl (C=O) groups is 1. The molecule has 0 atom stereocenters. The third-order valence-electron chi connectivity index (χ3n) is 3.86. The Morgan fingerprint density at radius 2 is 2.04 bits per heavy atom. The van der Waals surface area contributed by atoms with Gasteiger partial charge >= 0.3 is 0 Å². The summed E-state index contributed by atoms with van der Waals surface area (Å²) in [6.45, 7) is 4.06. The Kier molecular flexibility index (Phi) is 4.24. The van der Waals surface area contributed by atoms with E-state index in [0.29, 0.717) is 6.42 Å². The summed E-state index contributed by atoms with van der Waals surface area (Å²) in [5.41, 5.74) is 7.94. The number of para-hydroxylation sites is 1. The van der Waals surface area contributed by atoms with E-state index >= 15 is 0 Å². The molecule has 0 aliphatic carbocycles. The molecule has 3 aromatic rings. The molecule has 0 spiro atoms. The van der Waals surface area contributed by atoms with Crippen LogP contribution in [0.5, 0.6) is 0 Å². The molecule has 2 aromatic carbocycles. The first-order valence-corrected chi connectivity index (χ1v) is 7.57. The van der Waals surface area contributed by atoms with E-state index in [-0.39, 0.29) is 5.91 Å². The highest BCUT2D eigenvalue weighted by Crippen LogP contribution is 2.15. The van der Waals surface area contributed by atoms with Gasteiger partial charge in [-0.15, -0.1) is 0 Å². The van der Waals surface area contributed by atoms with Gasteiger partial charge in [0.1, 0.15) is 0 Å². The van der Waals surface area contributed by atoms with Gasteiger partial charge in [0.2, 0.25) is 5.91 Å². The van der Waals surface area contributed by atoms with Crippen molar-refractivity contribution >= 4 is 23.0 Å². The van der Waals surface area contributed by atoms with E-state index in [9.17, 15) is 4.79 Å². The number of benzene rings is 2. The Morgan fingerprint density at radius 1 is 1.22 bits per heavy atom. The van der Waals surface area contributed by atoms with E-state index < -0.39 is 0 Å². The second kappa shape index (κ2) is 6.48. The number of rotatable bonds is 4. The number of hydrogen-bond acceptors (Lipinski definition) is 2. The molecule has 0 aliphatic heterocycles. The van der Waals surface area contributed by atoms with Gasteiger partial charge in [-0.2, -0.15) is 5.10 Å². The second-order valence-electron chi connectivity index (χ2n) is 5.69. The normalized spacial score (nSPS) is 11.2. The fourth-order valence-corrected chi connectivity index (χ4v) is 2.63. The standard InChI is InChI=1S/C19H19N3O/c1-13-7-8-15(14(2)9-13)10-19(23)22-21-12-16-11-20-18-6-4-3-5-17(16)18/h3-9,11-12,20H,10H2,1-2H3,(H,22,23)/b21-12-. The van der Waals surface area contributed by atoms with Crippen molar-refractivity contribution in [3.63, 3.8) is 0 Å². The molecule has 0 fully saturated rings. The number of hydrazone groups is 1. The number of hydrogen-bond donors (Lipinski definition) is 2. The molecule has 0 saturated heterocycles. The van der Waals surface area contributed by atoms with E-state index in [1.54, 1.807) is 6.21 Å². The number of aromatic nitrogens is 1. The van der Waals surface area contributed by atoms with Crippen LogP contribution >= 0.6 is 0 Å². The first-order chi connectivity index (χ1) is 11.1. The van der Waals surface area contributed by atoms with Crippen LogP contribution in [0.1, 0.15) is 22.3 Å². The highest BCUT2D eigenvalue weighted by atomic mass is 16.2. The molecule has 0 unspecified atom stereocenters. The third kappa shape index (κ3) is 3.48. The van der Waals surface area contributed by atoms with Crippen LogP contribution in [-0.4, -0.2) is 17.1 Å². The lowest BCUT2D eigenvalue weighted by atomic mass is 10.0. The summed E-state index contributed by atoms with van der Waals surface area (Å²) < 4.78 is 0. The summed E-state index contributed by atoms with van der Waals surface area (Å²) in [6.07, 6.45) is 3.88. The molecular formula is C19H19N3O. The minimum atomic E-state index is -0.118. The van der Waals surface area contributed by atoms with E-state index in [1.807, 2.05) is 56.4 Å². The highest BCUT2D eigenvalue weighted by molar-refractivity contribution is 5.99. The number of nitrogens with one attached hydrogen (secondary N) is 2. The molecule has 4 nitrogen and oxygen atoms in total. The zero-order chi connectivity index (χ0) is 16.2. The maximum Gasteiger partial charge on any atom is 0.244 e. The summed E-state index contributed by atoms with van der Waals surface area (Å²) in [4.78, 5) is 15.2. The minimum absolute atomic E-state index is 0.118. The molecule has 0 bridgehead atoms. The van der Waals surface area contributed by atoms with Gasteiger partial charge in [-0.05, 0) is 31.0 Å². The van der Waals surface area contributed by atoms with Gasteiger partial charge in [0.15, 0.2) is 0 Å². The maximum absolute atomic E-state index is 12.0. The predicted molar refractivity (Wildman–Crippen MR) is 93.7 cm³/mol. The molecule has 2 N–H and O–H groups in total. The lowest BCUT2D eigenvalue weighted by Crippen LogP contribution is -2.20. The summed E-state index contributed by atoms with van der Waals surface area (Å²) in [5, 5.41) is 5.15. The molecule has 0 radical (unpaired) electrons. The molecule has 1 heterocycles. The Bertz CT molecular complexity index is 877. The number of carbonyl (C=O) groups excluding carboxylic acids is 1. The van der Waals surface area contributed by atoms with E-state index in [2.05, 4.69) is 21.6 Å². The molecular weight excluding hydrogens is 286 g/mol. The lowest BCUT2D eigenvalue weighted by Gasteiger charge is -2.05. The largest absolute Gasteiger partial charge is 0.361 e. The van der Waals surface area contributed by atoms with Crippen LogP contribution in [0.15, 0.2) is 53.8 Å². The molecule has 23 heavy (non-hydrogen) atoms. The van der Waals surface area contributed by atoms with Gasteiger partial charge in [-0.1, -0.05) is 42.0 Å². The smallest absolute Gasteiger partial charge is 0.244 e. The number of nitrogens with zero attached hydrogens (tertiary/aromatic N) is 1. The highest BCUT2D eigenvalue weighted by Gasteiger charge is 2.05. The third-order valence-corrected chi connectivity index (χ3v) is 3.86. The van der Waals surface area contributed by atoms with Crippen LogP contribution in [0, 0.1) is 13.8 Å². The Morgan fingerprint density at radius 3 is 2.87 bits per heavy atom. The van der Waals surface area contributed by atoms with Crippen molar-refractivity contribution in [2.75, 3.05) is 0 Å². The summed E-state index contributed by atoms with van der Waals surface area (Å²) in [7, 11) is 0. The van der Waals surface area contributed by atoms with Crippen molar-refractivity contribution in [2.45, 2.75) is 20.3 Å². The van der Waals surface area contributed by atoms with Gasteiger partial charge in [-0.25, -0.2) is 5.43 Å². The average Bonchev–Trinajstić information content (AvgIpc) is 2.94. The average molecular weight is 305 g/mol. The molecule has 0 aliphatic rings. The van der Waals surface area contributed by atoms with Crippen LogP contribution < -0.4 is 5.43 Å². The van der Waals surface area contributed by atoms with Crippen molar-refractivity contribution in [1.29, 1.82) is 0 Å². The Labute approximate surface area is 135 Å². The predicted octanol–water partition coefficient (Wildman–Crippen LogP) is 3.48. The zero-order valence-corrected chi connectivity index (χ0v) is 13.3. The lowest BCUT2D eigenvalue weighted by molar-refractivity contribution is -0.120. The van der Waals surface area contributed by atoms with Crippen molar-refractivity contribution in [3.05, 3.63) is 70.9 Å². The van der Waals surface area contributed by atoms with Crippen molar-refractivity contribution in [1.82, 2.24) is 10.4 Å². The van der Waals surface area contributed by atoms with Gasteiger partial charge < -0.3 is 4.98 Å². The SMILES string of the molecule is Cc1ccc(CC(=O)N/N=C\c2c[nH]c3ccccc23)c(C)c1. The molecule has 116 valence electrons. The number of amides is 1. The van der Waals surface area contributed by atoms with Crippen molar-refractivity contribution in [2.24, 2.45) is 5.10 Å². The number of aromatic amines is 1. The van der Waals surface area contributed by atoms with Crippen LogP contribution in [0.2, 0.25) is 0 Å². The molecule has 1 aromatic heterocycles. The Balaban J connectivity index is 1.64. The minimum Gasteiger partial charge on any atom is -0.361 e. The van der Waals surface area contributed by atoms with Gasteiger partial charge in [0, 0.05) is 22.7 Å². The van der Waals surface area contributed by atoms with E-state index in [0.717, 1.165) is 27.6 Å². The Hall–Kier alpha value is -2.88. The van der Waals surface area contributed by atoms with Crippen LogP contribution in [-0.2, 0) is 11.2 Å². The molecule has 0 saturated carbocycles. The summed E-state index contributed by atoms with van der Waals surface area (Å²) in [6, 6.07) is 14.1. The first-order valence-electron chi connectivity index (χ1n) is 7.57. The van der Waals surface area contributed by atoms with E-state index in [4.69, 9.17) is 0 Å². The van der Waals surface area contributed by atoms with Crippen molar-refractivity contribution < 1.29 is 4.79 Å². The van der Waals surface area contributed by atoms with Gasteiger partial charge in [0.05, 0.1) is 12.6 Å². The first kappa shape index (κ1) is 15.0. The summed E-state index contributed by atoms with van der Waals surface area (Å²) >= 11 is 0. The molecule has 1 amide bonds. The van der Waals surface area contributed by atoms with Crippen LogP contribution in [0.4, 0.5) is 0 Å². The zero-order valence-electron chi connectivity index (χ0n) is 13.3. The molecule has 3 rings (SSSR count). The van der Waals surface area contributed by atoms with Crippen LogP contribution in [0.3, 0.4) is 0 Å². The fourth-order valence-electron chi connectivity index (χ4n) is 2.63.